The first-order chi connectivity index (χ1) is 14.3. The van der Waals surface area contributed by atoms with Crippen molar-refractivity contribution in [1.29, 1.82) is 0 Å². The fraction of sp³-hybridized carbons (Fsp3) is 0.250. The molecule has 0 spiro atoms. The predicted molar refractivity (Wildman–Crippen MR) is 105 cm³/mol. The van der Waals surface area contributed by atoms with Gasteiger partial charge in [0.2, 0.25) is 5.91 Å². The second-order valence-corrected chi connectivity index (χ2v) is 7.44. The van der Waals surface area contributed by atoms with Crippen molar-refractivity contribution in [3.8, 4) is 5.75 Å². The number of benzene rings is 2. The Morgan fingerprint density at radius 3 is 2.47 bits per heavy atom. The summed E-state index contributed by atoms with van der Waals surface area (Å²) in [6.07, 6.45) is 1.65. The number of halogens is 3. The standard InChI is InChI=1S/C20H17ClF2N4O3/c21-17-8-14(1-2-16(17)19(24)28)30-15-9-26(10-15)20(29)27-18(3-4-25-27)11-5-12(22)7-13(23)6-11/h1-2,4-8,15,18H,3,9-10H2,(H2,24,28)/t18-/m0/s1. The molecule has 4 rings (SSSR count). The number of hydrazone groups is 1. The van der Waals surface area contributed by atoms with Gasteiger partial charge in [-0.15, -0.1) is 0 Å². The SMILES string of the molecule is NC(=O)c1ccc(OC2CN(C(=O)N3N=CC[C@H]3c3cc(F)cc(F)c3)C2)cc1Cl. The molecule has 2 aromatic rings. The fourth-order valence-corrected chi connectivity index (χ4v) is 3.68. The van der Waals surface area contributed by atoms with Crippen LogP contribution in [0.2, 0.25) is 5.02 Å². The highest BCUT2D eigenvalue weighted by atomic mass is 35.5. The van der Waals surface area contributed by atoms with Crippen LogP contribution in [0, 0.1) is 11.6 Å². The lowest BCUT2D eigenvalue weighted by molar-refractivity contribution is 0.0277. The molecule has 156 valence electrons. The molecule has 0 saturated carbocycles. The largest absolute Gasteiger partial charge is 0.487 e. The van der Waals surface area contributed by atoms with Crippen LogP contribution in [0.25, 0.3) is 0 Å². The molecule has 0 aromatic heterocycles. The molecule has 1 fully saturated rings. The minimum atomic E-state index is -0.706. The Morgan fingerprint density at radius 1 is 1.13 bits per heavy atom. The zero-order valence-corrected chi connectivity index (χ0v) is 16.4. The first-order valence-electron chi connectivity index (χ1n) is 9.14. The molecule has 1 atom stereocenters. The van der Waals surface area contributed by atoms with Crippen LogP contribution in [-0.2, 0) is 0 Å². The van der Waals surface area contributed by atoms with Gasteiger partial charge >= 0.3 is 6.03 Å². The Balaban J connectivity index is 1.37. The number of likely N-dealkylation sites (tertiary alicyclic amines) is 1. The molecule has 2 aliphatic rings. The molecule has 7 nitrogen and oxygen atoms in total. The van der Waals surface area contributed by atoms with Crippen molar-refractivity contribution in [2.45, 2.75) is 18.6 Å². The van der Waals surface area contributed by atoms with Gasteiger partial charge in [0.25, 0.3) is 0 Å². The number of hydrogen-bond acceptors (Lipinski definition) is 4. The quantitative estimate of drug-likeness (QED) is 0.800. The van der Waals surface area contributed by atoms with E-state index in [0.29, 0.717) is 30.8 Å². The Labute approximate surface area is 175 Å². The molecule has 10 heteroatoms. The van der Waals surface area contributed by atoms with Gasteiger partial charge in [-0.25, -0.2) is 18.6 Å². The number of ether oxygens (including phenoxy) is 1. The van der Waals surface area contributed by atoms with Crippen molar-refractivity contribution in [3.05, 3.63) is 64.2 Å². The number of amides is 3. The second kappa shape index (κ2) is 7.91. The lowest BCUT2D eigenvalue weighted by atomic mass is 10.0. The molecule has 0 bridgehead atoms. The molecule has 2 N–H and O–H groups in total. The smallest absolute Gasteiger partial charge is 0.341 e. The summed E-state index contributed by atoms with van der Waals surface area (Å²) in [6.45, 7) is 0.620. The van der Waals surface area contributed by atoms with E-state index in [0.717, 1.165) is 6.07 Å². The molecule has 0 unspecified atom stereocenters. The Hall–Kier alpha value is -3.20. The van der Waals surface area contributed by atoms with E-state index in [1.54, 1.807) is 12.3 Å². The first-order valence-corrected chi connectivity index (χ1v) is 9.52. The van der Waals surface area contributed by atoms with Crippen LogP contribution in [0.4, 0.5) is 13.6 Å². The van der Waals surface area contributed by atoms with Crippen molar-refractivity contribution in [2.24, 2.45) is 10.8 Å². The molecule has 0 radical (unpaired) electrons. The lowest BCUT2D eigenvalue weighted by Crippen LogP contribution is -2.58. The van der Waals surface area contributed by atoms with E-state index in [-0.39, 0.29) is 22.7 Å². The number of carbonyl (C=O) groups is 2. The average molecular weight is 435 g/mol. The third kappa shape index (κ3) is 3.93. The molecular formula is C20H17ClF2N4O3. The zero-order valence-electron chi connectivity index (χ0n) is 15.6. The monoisotopic (exact) mass is 434 g/mol. The first kappa shape index (κ1) is 20.1. The summed E-state index contributed by atoms with van der Waals surface area (Å²) in [6, 6.07) is 6.78. The zero-order chi connectivity index (χ0) is 21.4. The summed E-state index contributed by atoms with van der Waals surface area (Å²) < 4.78 is 32.9. The van der Waals surface area contributed by atoms with Gasteiger partial charge in [0.1, 0.15) is 23.5 Å². The fourth-order valence-electron chi connectivity index (χ4n) is 3.42. The Kier molecular flexibility index (Phi) is 5.29. The number of nitrogens with zero attached hydrogens (tertiary/aromatic N) is 3. The maximum atomic E-state index is 13.6. The van der Waals surface area contributed by atoms with Gasteiger partial charge in [0.15, 0.2) is 0 Å². The molecule has 2 heterocycles. The number of carbonyl (C=O) groups excluding carboxylic acids is 2. The van der Waals surface area contributed by atoms with Gasteiger partial charge < -0.3 is 15.4 Å². The van der Waals surface area contributed by atoms with Crippen LogP contribution in [0.15, 0.2) is 41.5 Å². The van der Waals surface area contributed by atoms with Crippen LogP contribution in [0.5, 0.6) is 5.75 Å². The normalized spacial score (nSPS) is 18.4. The Bertz CT molecular complexity index is 1020. The van der Waals surface area contributed by atoms with Crippen molar-refractivity contribution >= 4 is 29.8 Å². The van der Waals surface area contributed by atoms with E-state index < -0.39 is 23.6 Å². The molecular weight excluding hydrogens is 418 g/mol. The van der Waals surface area contributed by atoms with E-state index in [2.05, 4.69) is 5.10 Å². The summed E-state index contributed by atoms with van der Waals surface area (Å²) in [7, 11) is 0. The number of urea groups is 1. The van der Waals surface area contributed by atoms with Gasteiger partial charge in [-0.05, 0) is 35.9 Å². The van der Waals surface area contributed by atoms with E-state index in [1.807, 2.05) is 0 Å². The third-order valence-corrected chi connectivity index (χ3v) is 5.24. The summed E-state index contributed by atoms with van der Waals surface area (Å²) in [5.41, 5.74) is 5.76. The number of hydrogen-bond donors (Lipinski definition) is 1. The lowest BCUT2D eigenvalue weighted by Gasteiger charge is -2.41. The van der Waals surface area contributed by atoms with Crippen molar-refractivity contribution in [1.82, 2.24) is 9.91 Å². The summed E-state index contributed by atoms with van der Waals surface area (Å²) in [5, 5.41) is 5.48. The second-order valence-electron chi connectivity index (χ2n) is 7.03. The minimum absolute atomic E-state index is 0.184. The molecule has 2 aliphatic heterocycles. The van der Waals surface area contributed by atoms with Gasteiger partial charge in [0.05, 0.1) is 29.7 Å². The van der Waals surface area contributed by atoms with Crippen LogP contribution in [-0.4, -0.2) is 47.3 Å². The van der Waals surface area contributed by atoms with Gasteiger partial charge in [-0.2, -0.15) is 5.10 Å². The highest BCUT2D eigenvalue weighted by Crippen LogP contribution is 2.32. The van der Waals surface area contributed by atoms with E-state index in [1.165, 1.54) is 34.2 Å². The average Bonchev–Trinajstić information content (AvgIpc) is 3.12. The molecule has 3 amide bonds. The summed E-state index contributed by atoms with van der Waals surface area (Å²) in [5.74, 6) is -1.59. The maximum absolute atomic E-state index is 13.6. The van der Waals surface area contributed by atoms with Gasteiger partial charge in [-0.1, -0.05) is 11.6 Å². The van der Waals surface area contributed by atoms with Gasteiger partial charge in [-0.3, -0.25) is 4.79 Å². The summed E-state index contributed by atoms with van der Waals surface area (Å²) in [4.78, 5) is 25.5. The van der Waals surface area contributed by atoms with E-state index in [4.69, 9.17) is 22.1 Å². The van der Waals surface area contributed by atoms with Crippen molar-refractivity contribution < 1.29 is 23.1 Å². The predicted octanol–water partition coefficient (Wildman–Crippen LogP) is 3.33. The highest BCUT2D eigenvalue weighted by Gasteiger charge is 2.39. The van der Waals surface area contributed by atoms with Crippen LogP contribution in [0.3, 0.4) is 0 Å². The van der Waals surface area contributed by atoms with E-state index in [9.17, 15) is 18.4 Å². The minimum Gasteiger partial charge on any atom is -0.487 e. The van der Waals surface area contributed by atoms with Crippen LogP contribution >= 0.6 is 11.6 Å². The molecule has 1 saturated heterocycles. The Morgan fingerprint density at radius 2 is 1.83 bits per heavy atom. The summed E-state index contributed by atoms with van der Waals surface area (Å²) >= 11 is 6.01. The molecule has 2 aromatic carbocycles. The third-order valence-electron chi connectivity index (χ3n) is 4.92. The van der Waals surface area contributed by atoms with Gasteiger partial charge in [0, 0.05) is 18.7 Å². The topological polar surface area (TPSA) is 88.2 Å². The molecule has 0 aliphatic carbocycles. The van der Waals surface area contributed by atoms with Crippen LogP contribution < -0.4 is 10.5 Å². The van der Waals surface area contributed by atoms with E-state index >= 15 is 0 Å². The van der Waals surface area contributed by atoms with Crippen LogP contribution in [0.1, 0.15) is 28.4 Å². The molecule has 30 heavy (non-hydrogen) atoms. The highest BCUT2D eigenvalue weighted by molar-refractivity contribution is 6.33. The number of primary amides is 1. The van der Waals surface area contributed by atoms with Crippen molar-refractivity contribution in [3.63, 3.8) is 0 Å². The number of rotatable bonds is 4. The van der Waals surface area contributed by atoms with Crippen molar-refractivity contribution in [2.75, 3.05) is 13.1 Å². The maximum Gasteiger partial charge on any atom is 0.341 e. The number of nitrogens with two attached hydrogens (primary N) is 1.